The van der Waals surface area contributed by atoms with Crippen LogP contribution in [0.5, 0.6) is 0 Å². The summed E-state index contributed by atoms with van der Waals surface area (Å²) in [5.41, 5.74) is -2.64. The molecule has 0 heterocycles. The summed E-state index contributed by atoms with van der Waals surface area (Å²) >= 11 is 0. The van der Waals surface area contributed by atoms with E-state index < -0.39 is 34.4 Å². The number of aliphatic carboxylic acids is 1. The van der Waals surface area contributed by atoms with Gasteiger partial charge in [0, 0.05) is 24.1 Å². The third-order valence-electron chi connectivity index (χ3n) is 2.77. The molecule has 96 valence electrons. The summed E-state index contributed by atoms with van der Waals surface area (Å²) in [6, 6.07) is 2.56. The van der Waals surface area contributed by atoms with Gasteiger partial charge in [-0.2, -0.15) is 5.26 Å². The minimum atomic E-state index is -1.91. The molecule has 1 atom stereocenters. The number of halogens is 3. The molecule has 6 heteroatoms. The first-order valence-electron chi connectivity index (χ1n) is 5.08. The van der Waals surface area contributed by atoms with Gasteiger partial charge in [0.05, 0.1) is 11.5 Å². The first kappa shape index (κ1) is 14.0. The van der Waals surface area contributed by atoms with Crippen LogP contribution in [-0.4, -0.2) is 11.1 Å². The highest BCUT2D eigenvalue weighted by molar-refractivity contribution is 5.81. The summed E-state index contributed by atoms with van der Waals surface area (Å²) in [5, 5.41) is 17.5. The van der Waals surface area contributed by atoms with Gasteiger partial charge in [-0.3, -0.25) is 4.79 Å². The molecule has 0 spiro atoms. The van der Waals surface area contributed by atoms with Crippen molar-refractivity contribution in [3.8, 4) is 6.07 Å². The zero-order chi connectivity index (χ0) is 13.9. The molecule has 3 nitrogen and oxygen atoms in total. The largest absolute Gasteiger partial charge is 0.481 e. The molecule has 0 radical (unpaired) electrons. The standard InChI is InChI=1S/C12H10F3NO2/c1-12(11(17)18,3-2-4-16)10-8(14)5-7(13)6-9(10)15/h5-6H,2-3H2,1H3,(H,17,18). The Morgan fingerprint density at radius 2 is 1.89 bits per heavy atom. The van der Waals surface area contributed by atoms with Crippen molar-refractivity contribution in [3.63, 3.8) is 0 Å². The van der Waals surface area contributed by atoms with Crippen molar-refractivity contribution in [2.45, 2.75) is 25.2 Å². The number of hydrogen-bond donors (Lipinski definition) is 1. The lowest BCUT2D eigenvalue weighted by Crippen LogP contribution is -2.34. The molecule has 0 saturated heterocycles. The topological polar surface area (TPSA) is 61.1 Å². The van der Waals surface area contributed by atoms with Crippen LogP contribution in [0.3, 0.4) is 0 Å². The van der Waals surface area contributed by atoms with E-state index in [1.807, 2.05) is 0 Å². The highest BCUT2D eigenvalue weighted by Crippen LogP contribution is 2.33. The highest BCUT2D eigenvalue weighted by Gasteiger charge is 2.39. The molecule has 0 saturated carbocycles. The summed E-state index contributed by atoms with van der Waals surface area (Å²) in [6.07, 6.45) is -0.447. The maximum Gasteiger partial charge on any atom is 0.314 e. The Balaban J connectivity index is 3.40. The number of benzene rings is 1. The van der Waals surface area contributed by atoms with E-state index in [1.54, 1.807) is 6.07 Å². The molecule has 1 N–H and O–H groups in total. The van der Waals surface area contributed by atoms with E-state index in [-0.39, 0.29) is 12.8 Å². The maximum atomic E-state index is 13.6. The highest BCUT2D eigenvalue weighted by atomic mass is 19.1. The molecule has 1 aromatic carbocycles. The summed E-state index contributed by atoms with van der Waals surface area (Å²) in [7, 11) is 0. The first-order chi connectivity index (χ1) is 8.32. The Kier molecular flexibility index (Phi) is 3.96. The van der Waals surface area contributed by atoms with Crippen LogP contribution in [0.4, 0.5) is 13.2 Å². The minimum absolute atomic E-state index is 0.181. The number of hydrogen-bond acceptors (Lipinski definition) is 2. The Hall–Kier alpha value is -2.03. The Morgan fingerprint density at radius 1 is 1.39 bits per heavy atom. The molecule has 1 aromatic rings. The second kappa shape index (κ2) is 5.08. The molecule has 0 fully saturated rings. The molecule has 0 aromatic heterocycles. The van der Waals surface area contributed by atoms with Gasteiger partial charge in [-0.1, -0.05) is 0 Å². The molecule has 1 rings (SSSR count). The Bertz CT molecular complexity index is 502. The normalized spacial score (nSPS) is 13.7. The SMILES string of the molecule is CC(CCC#N)(C(=O)O)c1c(F)cc(F)cc1F. The quantitative estimate of drug-likeness (QED) is 0.902. The van der Waals surface area contributed by atoms with Crippen LogP contribution in [-0.2, 0) is 10.2 Å². The first-order valence-corrected chi connectivity index (χ1v) is 5.08. The van der Waals surface area contributed by atoms with Gasteiger partial charge in [-0.25, -0.2) is 13.2 Å². The molecule has 0 amide bonds. The lowest BCUT2D eigenvalue weighted by atomic mass is 9.78. The molecular weight excluding hydrogens is 247 g/mol. The predicted octanol–water partition coefficient (Wildman–Crippen LogP) is 2.75. The van der Waals surface area contributed by atoms with Crippen molar-refractivity contribution in [1.29, 1.82) is 5.26 Å². The number of rotatable bonds is 4. The molecule has 0 aliphatic carbocycles. The smallest absolute Gasteiger partial charge is 0.314 e. The van der Waals surface area contributed by atoms with Gasteiger partial charge >= 0.3 is 5.97 Å². The summed E-state index contributed by atoms with van der Waals surface area (Å²) in [4.78, 5) is 11.2. The van der Waals surface area contributed by atoms with Crippen molar-refractivity contribution >= 4 is 5.97 Å². The zero-order valence-electron chi connectivity index (χ0n) is 9.51. The van der Waals surface area contributed by atoms with Crippen LogP contribution in [0.25, 0.3) is 0 Å². The van der Waals surface area contributed by atoms with Crippen molar-refractivity contribution < 1.29 is 23.1 Å². The number of carboxylic acids is 1. The summed E-state index contributed by atoms with van der Waals surface area (Å²) < 4.78 is 39.9. The lowest BCUT2D eigenvalue weighted by molar-refractivity contribution is -0.143. The van der Waals surface area contributed by atoms with E-state index in [9.17, 15) is 18.0 Å². The van der Waals surface area contributed by atoms with Gasteiger partial charge < -0.3 is 5.11 Å². The van der Waals surface area contributed by atoms with Crippen LogP contribution in [0.1, 0.15) is 25.3 Å². The predicted molar refractivity (Wildman–Crippen MR) is 56.2 cm³/mol. The van der Waals surface area contributed by atoms with Gasteiger partial charge in [-0.05, 0) is 13.3 Å². The fourth-order valence-corrected chi connectivity index (χ4v) is 1.71. The van der Waals surface area contributed by atoms with Crippen LogP contribution >= 0.6 is 0 Å². The Morgan fingerprint density at radius 3 is 2.28 bits per heavy atom. The van der Waals surface area contributed by atoms with Gasteiger partial charge in [0.25, 0.3) is 0 Å². The van der Waals surface area contributed by atoms with Crippen LogP contribution in [0, 0.1) is 28.8 Å². The second-order valence-corrected chi connectivity index (χ2v) is 4.04. The van der Waals surface area contributed by atoms with E-state index in [1.165, 1.54) is 0 Å². The van der Waals surface area contributed by atoms with Gasteiger partial charge in [0.1, 0.15) is 17.5 Å². The Labute approximate surface area is 101 Å². The molecule has 0 bridgehead atoms. The summed E-state index contributed by atoms with van der Waals surface area (Å²) in [6.45, 7) is 1.10. The van der Waals surface area contributed by atoms with E-state index in [0.29, 0.717) is 12.1 Å². The zero-order valence-corrected chi connectivity index (χ0v) is 9.51. The monoisotopic (exact) mass is 257 g/mol. The van der Waals surface area contributed by atoms with E-state index in [0.717, 1.165) is 6.92 Å². The molecular formula is C12H10F3NO2. The average molecular weight is 257 g/mol. The number of nitriles is 1. The van der Waals surface area contributed by atoms with Gasteiger partial charge in [0.2, 0.25) is 0 Å². The van der Waals surface area contributed by atoms with Crippen LogP contribution in [0.2, 0.25) is 0 Å². The van der Waals surface area contributed by atoms with Crippen molar-refractivity contribution in [1.82, 2.24) is 0 Å². The number of carboxylic acid groups (broad SMARTS) is 1. The lowest BCUT2D eigenvalue weighted by Gasteiger charge is -2.25. The third kappa shape index (κ3) is 2.45. The van der Waals surface area contributed by atoms with E-state index >= 15 is 0 Å². The molecule has 1 unspecified atom stereocenters. The summed E-state index contributed by atoms with van der Waals surface area (Å²) in [5.74, 6) is -5.13. The van der Waals surface area contributed by atoms with Crippen molar-refractivity contribution in [2.24, 2.45) is 0 Å². The minimum Gasteiger partial charge on any atom is -0.481 e. The van der Waals surface area contributed by atoms with Gasteiger partial charge in [0.15, 0.2) is 0 Å². The fraction of sp³-hybridized carbons (Fsp3) is 0.333. The fourth-order valence-electron chi connectivity index (χ4n) is 1.71. The molecule has 0 aliphatic rings. The number of carbonyl (C=O) groups is 1. The van der Waals surface area contributed by atoms with Crippen molar-refractivity contribution in [3.05, 3.63) is 35.1 Å². The second-order valence-electron chi connectivity index (χ2n) is 4.04. The van der Waals surface area contributed by atoms with Crippen molar-refractivity contribution in [2.75, 3.05) is 0 Å². The van der Waals surface area contributed by atoms with Crippen LogP contribution < -0.4 is 0 Å². The van der Waals surface area contributed by atoms with E-state index in [2.05, 4.69) is 0 Å². The maximum absolute atomic E-state index is 13.6. The third-order valence-corrected chi connectivity index (χ3v) is 2.77. The average Bonchev–Trinajstić information content (AvgIpc) is 2.24. The van der Waals surface area contributed by atoms with E-state index in [4.69, 9.17) is 10.4 Å². The van der Waals surface area contributed by atoms with Crippen LogP contribution in [0.15, 0.2) is 12.1 Å². The molecule has 18 heavy (non-hydrogen) atoms. The number of nitrogens with zero attached hydrogens (tertiary/aromatic N) is 1. The van der Waals surface area contributed by atoms with Gasteiger partial charge in [-0.15, -0.1) is 0 Å². The molecule has 0 aliphatic heterocycles.